The SMILES string of the molecule is CCC1CN(c2ncc(-c3ccc(-c4cc(F)c5nn(C)cc5c4)cc3O)nn2)CCN1. The summed E-state index contributed by atoms with van der Waals surface area (Å²) in [6, 6.07) is 8.87. The maximum atomic E-state index is 14.5. The largest absolute Gasteiger partial charge is 0.507 e. The molecule has 3 heterocycles. The Morgan fingerprint density at radius 1 is 1.19 bits per heavy atom. The van der Waals surface area contributed by atoms with Gasteiger partial charge in [0.15, 0.2) is 5.82 Å². The maximum absolute atomic E-state index is 14.5. The van der Waals surface area contributed by atoms with Gasteiger partial charge in [-0.15, -0.1) is 10.2 Å². The fraction of sp³-hybridized carbons (Fsp3) is 0.304. The number of rotatable bonds is 4. The Bertz CT molecular complexity index is 1270. The Morgan fingerprint density at radius 3 is 2.81 bits per heavy atom. The number of aryl methyl sites for hydroxylation is 1. The minimum Gasteiger partial charge on any atom is -0.507 e. The van der Waals surface area contributed by atoms with Gasteiger partial charge in [-0.25, -0.2) is 9.37 Å². The van der Waals surface area contributed by atoms with Crippen molar-refractivity contribution in [2.45, 2.75) is 19.4 Å². The Labute approximate surface area is 184 Å². The van der Waals surface area contributed by atoms with Crippen molar-refractivity contribution in [3.63, 3.8) is 0 Å². The van der Waals surface area contributed by atoms with Crippen molar-refractivity contribution in [1.29, 1.82) is 0 Å². The molecule has 5 rings (SSSR count). The van der Waals surface area contributed by atoms with E-state index in [2.05, 4.69) is 37.4 Å². The highest BCUT2D eigenvalue weighted by molar-refractivity contribution is 5.85. The number of halogens is 1. The molecule has 0 spiro atoms. The molecule has 1 unspecified atom stereocenters. The zero-order chi connectivity index (χ0) is 22.2. The molecule has 2 N–H and O–H groups in total. The lowest BCUT2D eigenvalue weighted by molar-refractivity contribution is 0.442. The normalized spacial score (nSPS) is 16.6. The number of anilines is 1. The number of phenols is 1. The molecule has 164 valence electrons. The van der Waals surface area contributed by atoms with E-state index in [9.17, 15) is 9.50 Å². The quantitative estimate of drug-likeness (QED) is 0.511. The first kappa shape index (κ1) is 20.3. The van der Waals surface area contributed by atoms with E-state index in [1.165, 1.54) is 6.07 Å². The summed E-state index contributed by atoms with van der Waals surface area (Å²) >= 11 is 0. The van der Waals surface area contributed by atoms with E-state index >= 15 is 0 Å². The average Bonchev–Trinajstić information content (AvgIpc) is 3.20. The fourth-order valence-electron chi connectivity index (χ4n) is 4.12. The molecule has 1 fully saturated rings. The lowest BCUT2D eigenvalue weighted by Gasteiger charge is -2.32. The topological polar surface area (TPSA) is 92.0 Å². The van der Waals surface area contributed by atoms with Crippen molar-refractivity contribution in [3.8, 4) is 28.1 Å². The highest BCUT2D eigenvalue weighted by atomic mass is 19.1. The van der Waals surface area contributed by atoms with Crippen LogP contribution in [0.15, 0.2) is 42.7 Å². The molecule has 0 amide bonds. The van der Waals surface area contributed by atoms with Gasteiger partial charge >= 0.3 is 0 Å². The molecule has 4 aromatic rings. The zero-order valence-electron chi connectivity index (χ0n) is 18.0. The van der Waals surface area contributed by atoms with Crippen molar-refractivity contribution < 1.29 is 9.50 Å². The van der Waals surface area contributed by atoms with Gasteiger partial charge in [-0.3, -0.25) is 4.68 Å². The molecule has 0 radical (unpaired) electrons. The van der Waals surface area contributed by atoms with E-state index in [1.807, 2.05) is 12.1 Å². The van der Waals surface area contributed by atoms with E-state index < -0.39 is 5.82 Å². The van der Waals surface area contributed by atoms with Crippen LogP contribution in [-0.4, -0.2) is 55.7 Å². The van der Waals surface area contributed by atoms with Gasteiger partial charge in [-0.2, -0.15) is 5.10 Å². The third-order valence-corrected chi connectivity index (χ3v) is 5.86. The Kier molecular flexibility index (Phi) is 5.18. The van der Waals surface area contributed by atoms with Crippen LogP contribution in [0.4, 0.5) is 10.3 Å². The van der Waals surface area contributed by atoms with Crippen LogP contribution in [0.2, 0.25) is 0 Å². The van der Waals surface area contributed by atoms with Gasteiger partial charge in [0, 0.05) is 49.9 Å². The van der Waals surface area contributed by atoms with E-state index in [1.54, 1.807) is 36.3 Å². The second kappa shape index (κ2) is 8.16. The number of fused-ring (bicyclic) bond motifs is 1. The summed E-state index contributed by atoms with van der Waals surface area (Å²) in [6.45, 7) is 4.71. The van der Waals surface area contributed by atoms with Crippen molar-refractivity contribution in [1.82, 2.24) is 30.3 Å². The number of hydrogen-bond donors (Lipinski definition) is 2. The second-order valence-electron chi connectivity index (χ2n) is 8.08. The number of nitrogens with one attached hydrogen (secondary N) is 1. The predicted molar refractivity (Wildman–Crippen MR) is 121 cm³/mol. The summed E-state index contributed by atoms with van der Waals surface area (Å²) in [4.78, 5) is 6.59. The molecule has 0 saturated carbocycles. The fourth-order valence-corrected chi connectivity index (χ4v) is 4.12. The van der Waals surface area contributed by atoms with Gasteiger partial charge in [0.1, 0.15) is 17.0 Å². The van der Waals surface area contributed by atoms with Gasteiger partial charge in [0.05, 0.1) is 6.20 Å². The summed E-state index contributed by atoms with van der Waals surface area (Å²) in [5, 5.41) is 27.5. The maximum Gasteiger partial charge on any atom is 0.245 e. The summed E-state index contributed by atoms with van der Waals surface area (Å²) in [5.74, 6) is 0.224. The average molecular weight is 433 g/mol. The number of hydrogen-bond acceptors (Lipinski definition) is 7. The molecule has 1 saturated heterocycles. The molecule has 2 aromatic heterocycles. The van der Waals surface area contributed by atoms with E-state index in [0.29, 0.717) is 45.3 Å². The minimum atomic E-state index is -0.398. The Morgan fingerprint density at radius 2 is 2.06 bits per heavy atom. The van der Waals surface area contributed by atoms with Crippen molar-refractivity contribution >= 4 is 16.9 Å². The highest BCUT2D eigenvalue weighted by Crippen LogP contribution is 2.34. The summed E-state index contributed by atoms with van der Waals surface area (Å²) < 4.78 is 16.0. The molecule has 9 heteroatoms. The standard InChI is InChI=1S/C23H24FN7O/c1-3-17-13-31(7-6-25-17)23-26-11-20(27-28-23)18-5-4-14(10-21(18)32)15-8-16-12-30(2)29-22(16)19(24)9-15/h4-5,8-12,17,25,32H,3,6-7,13H2,1-2H3. The Balaban J connectivity index is 1.41. The minimum absolute atomic E-state index is 0.0336. The van der Waals surface area contributed by atoms with Crippen LogP contribution in [-0.2, 0) is 7.05 Å². The first-order valence-corrected chi connectivity index (χ1v) is 10.7. The molecular formula is C23H24FN7O. The molecule has 2 aromatic carbocycles. The van der Waals surface area contributed by atoms with Crippen LogP contribution < -0.4 is 10.2 Å². The molecule has 8 nitrogen and oxygen atoms in total. The smallest absolute Gasteiger partial charge is 0.245 e. The van der Waals surface area contributed by atoms with Crippen LogP contribution in [0.5, 0.6) is 5.75 Å². The predicted octanol–water partition coefficient (Wildman–Crippen LogP) is 3.13. The molecule has 0 bridgehead atoms. The number of benzene rings is 2. The van der Waals surface area contributed by atoms with E-state index in [0.717, 1.165) is 26.1 Å². The summed E-state index contributed by atoms with van der Waals surface area (Å²) in [6.07, 6.45) is 4.43. The zero-order valence-corrected chi connectivity index (χ0v) is 18.0. The number of nitrogens with zero attached hydrogens (tertiary/aromatic N) is 6. The van der Waals surface area contributed by atoms with Crippen LogP contribution in [0.1, 0.15) is 13.3 Å². The first-order valence-electron chi connectivity index (χ1n) is 10.7. The third-order valence-electron chi connectivity index (χ3n) is 5.86. The molecule has 0 aliphatic carbocycles. The van der Waals surface area contributed by atoms with Gasteiger partial charge in [0.25, 0.3) is 0 Å². The summed E-state index contributed by atoms with van der Waals surface area (Å²) in [5.41, 5.74) is 2.69. The van der Waals surface area contributed by atoms with Crippen molar-refractivity contribution in [2.24, 2.45) is 7.05 Å². The van der Waals surface area contributed by atoms with Gasteiger partial charge in [-0.05, 0) is 41.8 Å². The van der Waals surface area contributed by atoms with E-state index in [-0.39, 0.29) is 5.75 Å². The monoisotopic (exact) mass is 433 g/mol. The van der Waals surface area contributed by atoms with Gasteiger partial charge in [0.2, 0.25) is 5.95 Å². The first-order chi connectivity index (χ1) is 15.5. The molecule has 1 aliphatic heterocycles. The molecular weight excluding hydrogens is 409 g/mol. The van der Waals surface area contributed by atoms with Crippen LogP contribution >= 0.6 is 0 Å². The molecule has 1 atom stereocenters. The van der Waals surface area contributed by atoms with E-state index in [4.69, 9.17) is 0 Å². The van der Waals surface area contributed by atoms with Crippen LogP contribution in [0.3, 0.4) is 0 Å². The lowest BCUT2D eigenvalue weighted by atomic mass is 10.0. The summed E-state index contributed by atoms with van der Waals surface area (Å²) in [7, 11) is 1.75. The number of aromatic nitrogens is 5. The lowest BCUT2D eigenvalue weighted by Crippen LogP contribution is -2.51. The van der Waals surface area contributed by atoms with Gasteiger partial charge in [-0.1, -0.05) is 13.0 Å². The van der Waals surface area contributed by atoms with Crippen molar-refractivity contribution in [3.05, 3.63) is 48.5 Å². The van der Waals surface area contributed by atoms with Crippen LogP contribution in [0.25, 0.3) is 33.3 Å². The number of phenolic OH excluding ortho intramolecular Hbond substituents is 1. The van der Waals surface area contributed by atoms with Crippen molar-refractivity contribution in [2.75, 3.05) is 24.5 Å². The number of aromatic hydroxyl groups is 1. The molecule has 32 heavy (non-hydrogen) atoms. The second-order valence-corrected chi connectivity index (χ2v) is 8.08. The highest BCUT2D eigenvalue weighted by Gasteiger charge is 2.20. The Hall–Kier alpha value is -3.59. The number of piperazine rings is 1. The van der Waals surface area contributed by atoms with Gasteiger partial charge < -0.3 is 15.3 Å². The third kappa shape index (κ3) is 3.75. The van der Waals surface area contributed by atoms with Crippen LogP contribution in [0, 0.1) is 5.82 Å². The molecule has 1 aliphatic rings.